The van der Waals surface area contributed by atoms with Crippen LogP contribution in [-0.2, 0) is 13.0 Å². The topological polar surface area (TPSA) is 46.9 Å². The summed E-state index contributed by atoms with van der Waals surface area (Å²) < 4.78 is 3.12. The van der Waals surface area contributed by atoms with Gasteiger partial charge in [0, 0.05) is 29.5 Å². The molecule has 0 atom stereocenters. The summed E-state index contributed by atoms with van der Waals surface area (Å²) in [7, 11) is 0. The molecule has 0 radical (unpaired) electrons. The Kier molecular flexibility index (Phi) is 5.89. The molecule has 0 saturated carbocycles. The number of amides is 1. The first-order valence-corrected chi connectivity index (χ1v) is 9.46. The highest BCUT2D eigenvalue weighted by Gasteiger charge is 2.11. The molecule has 0 fully saturated rings. The lowest BCUT2D eigenvalue weighted by molar-refractivity contribution is 0.0953. The number of hydrogen-bond donors (Lipinski definition) is 1. The van der Waals surface area contributed by atoms with Crippen LogP contribution in [0.25, 0.3) is 11.0 Å². The van der Waals surface area contributed by atoms with Gasteiger partial charge >= 0.3 is 0 Å². The van der Waals surface area contributed by atoms with E-state index in [1.165, 1.54) is 0 Å². The van der Waals surface area contributed by atoms with Gasteiger partial charge in [0.15, 0.2) is 0 Å². The van der Waals surface area contributed by atoms with Gasteiger partial charge in [-0.15, -0.1) is 0 Å². The van der Waals surface area contributed by atoms with Gasteiger partial charge in [0.2, 0.25) is 0 Å². The summed E-state index contributed by atoms with van der Waals surface area (Å²) in [6.07, 6.45) is 1.64. The van der Waals surface area contributed by atoms with E-state index in [-0.39, 0.29) is 5.91 Å². The largest absolute Gasteiger partial charge is 0.352 e. The summed E-state index contributed by atoms with van der Waals surface area (Å²) in [5.74, 6) is 0.979. The van der Waals surface area contributed by atoms with Crippen molar-refractivity contribution >= 4 is 32.9 Å². The Morgan fingerprint density at radius 1 is 1.23 bits per heavy atom. The second-order valence-electron chi connectivity index (χ2n) is 6.43. The SMILES string of the molecule is C=C(C)Cn1c(CCCNC(=O)c2cccc(Br)c2)nc2ccccc21. The quantitative estimate of drug-likeness (QED) is 0.450. The van der Waals surface area contributed by atoms with E-state index in [9.17, 15) is 4.79 Å². The maximum Gasteiger partial charge on any atom is 0.251 e. The minimum Gasteiger partial charge on any atom is -0.352 e. The van der Waals surface area contributed by atoms with Crippen LogP contribution in [0.4, 0.5) is 0 Å². The fourth-order valence-corrected chi connectivity index (χ4v) is 3.34. The number of imidazole rings is 1. The molecule has 0 spiro atoms. The molecule has 0 bridgehead atoms. The van der Waals surface area contributed by atoms with Crippen LogP contribution >= 0.6 is 15.9 Å². The Morgan fingerprint density at radius 3 is 2.81 bits per heavy atom. The summed E-state index contributed by atoms with van der Waals surface area (Å²) in [6.45, 7) is 7.43. The first-order valence-electron chi connectivity index (χ1n) is 8.67. The molecule has 134 valence electrons. The summed E-state index contributed by atoms with van der Waals surface area (Å²) in [5, 5.41) is 2.98. The van der Waals surface area contributed by atoms with Crippen molar-refractivity contribution in [3.8, 4) is 0 Å². The number of carbonyl (C=O) groups is 1. The van der Waals surface area contributed by atoms with Crippen LogP contribution in [0.2, 0.25) is 0 Å². The number of carbonyl (C=O) groups excluding carboxylic acids is 1. The lowest BCUT2D eigenvalue weighted by Gasteiger charge is -2.09. The van der Waals surface area contributed by atoms with Crippen LogP contribution in [0.15, 0.2) is 65.2 Å². The molecule has 0 aliphatic rings. The molecule has 0 saturated heterocycles. The van der Waals surface area contributed by atoms with E-state index in [1.807, 2.05) is 49.4 Å². The van der Waals surface area contributed by atoms with Gasteiger partial charge in [-0.25, -0.2) is 4.98 Å². The summed E-state index contributed by atoms with van der Waals surface area (Å²) in [4.78, 5) is 17.0. The van der Waals surface area contributed by atoms with Crippen molar-refractivity contribution in [1.29, 1.82) is 0 Å². The maximum atomic E-state index is 12.2. The predicted molar refractivity (Wildman–Crippen MR) is 109 cm³/mol. The maximum absolute atomic E-state index is 12.2. The zero-order valence-corrected chi connectivity index (χ0v) is 16.4. The number of rotatable bonds is 7. The number of para-hydroxylation sites is 2. The molecule has 4 nitrogen and oxygen atoms in total. The highest BCUT2D eigenvalue weighted by atomic mass is 79.9. The van der Waals surface area contributed by atoms with E-state index in [2.05, 4.69) is 38.5 Å². The number of fused-ring (bicyclic) bond motifs is 1. The molecule has 1 heterocycles. The molecule has 5 heteroatoms. The third-order valence-electron chi connectivity index (χ3n) is 4.11. The molecule has 0 aliphatic carbocycles. The summed E-state index contributed by atoms with van der Waals surface area (Å²) in [6, 6.07) is 15.5. The normalized spacial score (nSPS) is 10.8. The van der Waals surface area contributed by atoms with Crippen molar-refractivity contribution in [2.75, 3.05) is 6.54 Å². The van der Waals surface area contributed by atoms with Gasteiger partial charge in [0.05, 0.1) is 11.0 Å². The molecule has 1 amide bonds. The van der Waals surface area contributed by atoms with Gasteiger partial charge in [-0.3, -0.25) is 4.79 Å². The molecule has 2 aromatic carbocycles. The lowest BCUT2D eigenvalue weighted by Crippen LogP contribution is -2.25. The second kappa shape index (κ2) is 8.32. The van der Waals surface area contributed by atoms with Crippen LogP contribution in [0.3, 0.4) is 0 Å². The van der Waals surface area contributed by atoms with Gasteiger partial charge in [0.25, 0.3) is 5.91 Å². The third kappa shape index (κ3) is 4.41. The molecule has 0 aliphatic heterocycles. The van der Waals surface area contributed by atoms with E-state index >= 15 is 0 Å². The highest BCUT2D eigenvalue weighted by molar-refractivity contribution is 9.10. The standard InChI is InChI=1S/C21H22BrN3O/c1-15(2)14-25-19-10-4-3-9-18(19)24-20(25)11-6-12-23-21(26)16-7-5-8-17(22)13-16/h3-5,7-10,13H,1,6,11-12,14H2,2H3,(H,23,26). The van der Waals surface area contributed by atoms with E-state index in [0.717, 1.165) is 46.3 Å². The van der Waals surface area contributed by atoms with Crippen molar-refractivity contribution in [2.24, 2.45) is 0 Å². The van der Waals surface area contributed by atoms with Crippen LogP contribution in [0.5, 0.6) is 0 Å². The number of allylic oxidation sites excluding steroid dienone is 1. The van der Waals surface area contributed by atoms with Gasteiger partial charge < -0.3 is 9.88 Å². The Hall–Kier alpha value is -2.40. The molecule has 3 rings (SSSR count). The van der Waals surface area contributed by atoms with Crippen molar-refractivity contribution < 1.29 is 4.79 Å². The molecule has 3 aromatic rings. The van der Waals surface area contributed by atoms with Gasteiger partial charge in [-0.1, -0.05) is 46.3 Å². The number of nitrogens with zero attached hydrogens (tertiary/aromatic N) is 2. The Bertz CT molecular complexity index is 945. The van der Waals surface area contributed by atoms with Crippen LogP contribution in [0.1, 0.15) is 29.5 Å². The average Bonchev–Trinajstić information content (AvgIpc) is 2.95. The lowest BCUT2D eigenvalue weighted by atomic mass is 10.2. The monoisotopic (exact) mass is 411 g/mol. The second-order valence-corrected chi connectivity index (χ2v) is 7.35. The Labute approximate surface area is 162 Å². The fraction of sp³-hybridized carbons (Fsp3) is 0.238. The predicted octanol–water partition coefficient (Wildman–Crippen LogP) is 4.74. The highest BCUT2D eigenvalue weighted by Crippen LogP contribution is 2.18. The number of benzene rings is 2. The van der Waals surface area contributed by atoms with Gasteiger partial charge in [-0.05, 0) is 43.7 Å². The van der Waals surface area contributed by atoms with E-state index < -0.39 is 0 Å². The number of aryl methyl sites for hydroxylation is 1. The van der Waals surface area contributed by atoms with Crippen molar-refractivity contribution in [2.45, 2.75) is 26.3 Å². The summed E-state index contributed by atoms with van der Waals surface area (Å²) in [5.41, 5.74) is 3.89. The first kappa shape index (κ1) is 18.4. The first-order chi connectivity index (χ1) is 12.5. The van der Waals surface area contributed by atoms with E-state index in [1.54, 1.807) is 0 Å². The van der Waals surface area contributed by atoms with Crippen molar-refractivity contribution in [1.82, 2.24) is 14.9 Å². The van der Waals surface area contributed by atoms with E-state index in [4.69, 9.17) is 4.98 Å². The molecular weight excluding hydrogens is 390 g/mol. The van der Waals surface area contributed by atoms with Gasteiger partial charge in [0.1, 0.15) is 5.82 Å². The number of halogens is 1. The molecule has 1 N–H and O–H groups in total. The summed E-state index contributed by atoms with van der Waals surface area (Å²) >= 11 is 3.39. The van der Waals surface area contributed by atoms with Crippen molar-refractivity contribution in [3.05, 3.63) is 76.5 Å². The zero-order valence-electron chi connectivity index (χ0n) is 14.8. The number of nitrogens with one attached hydrogen (secondary N) is 1. The molecule has 0 unspecified atom stereocenters. The molecular formula is C21H22BrN3O. The van der Waals surface area contributed by atoms with Crippen molar-refractivity contribution in [3.63, 3.8) is 0 Å². The smallest absolute Gasteiger partial charge is 0.251 e. The van der Waals surface area contributed by atoms with Crippen LogP contribution < -0.4 is 5.32 Å². The average molecular weight is 412 g/mol. The molecule has 1 aromatic heterocycles. The minimum atomic E-state index is -0.0539. The minimum absolute atomic E-state index is 0.0539. The fourth-order valence-electron chi connectivity index (χ4n) is 2.94. The van der Waals surface area contributed by atoms with Gasteiger partial charge in [-0.2, -0.15) is 0 Å². The van der Waals surface area contributed by atoms with Crippen LogP contribution in [0, 0.1) is 0 Å². The Morgan fingerprint density at radius 2 is 2.04 bits per heavy atom. The van der Waals surface area contributed by atoms with Crippen LogP contribution in [-0.4, -0.2) is 22.0 Å². The molecule has 26 heavy (non-hydrogen) atoms. The zero-order chi connectivity index (χ0) is 18.5. The van der Waals surface area contributed by atoms with E-state index in [0.29, 0.717) is 12.1 Å². The number of hydrogen-bond acceptors (Lipinski definition) is 2. The Balaban J connectivity index is 1.63. The number of aromatic nitrogens is 2. The third-order valence-corrected chi connectivity index (χ3v) is 4.60.